The van der Waals surface area contributed by atoms with Gasteiger partial charge >= 0.3 is 0 Å². The van der Waals surface area contributed by atoms with Crippen molar-refractivity contribution in [2.24, 2.45) is 0 Å². The fourth-order valence-corrected chi connectivity index (χ4v) is 2.00. The first kappa shape index (κ1) is 10.7. The fourth-order valence-electron chi connectivity index (χ4n) is 0.922. The van der Waals surface area contributed by atoms with Gasteiger partial charge in [-0.25, -0.2) is 4.21 Å². The van der Waals surface area contributed by atoms with Crippen LogP contribution in [0.5, 0.6) is 5.75 Å². The van der Waals surface area contributed by atoms with Gasteiger partial charge < -0.3 is 9.29 Å². The number of benzene rings is 1. The Kier molecular flexibility index (Phi) is 3.90. The first-order valence-electron chi connectivity index (χ1n) is 3.53. The zero-order chi connectivity index (χ0) is 9.84. The number of rotatable bonds is 3. The summed E-state index contributed by atoms with van der Waals surface area (Å²) in [7, 11) is 1.56. The first-order valence-corrected chi connectivity index (χ1v) is 5.60. The summed E-state index contributed by atoms with van der Waals surface area (Å²) in [5.41, 5.74) is 0.764. The number of halogens is 1. The molecule has 72 valence electrons. The summed E-state index contributed by atoms with van der Waals surface area (Å²) in [6.07, 6.45) is 0. The molecule has 0 bridgehead atoms. The molecule has 0 fully saturated rings. The molecule has 1 N–H and O–H groups in total. The molecule has 5 heteroatoms. The fraction of sp³-hybridized carbons (Fsp3) is 0.250. The van der Waals surface area contributed by atoms with Crippen molar-refractivity contribution in [3.63, 3.8) is 0 Å². The van der Waals surface area contributed by atoms with Gasteiger partial charge in [-0.15, -0.1) is 0 Å². The van der Waals surface area contributed by atoms with Gasteiger partial charge in [0.2, 0.25) is 0 Å². The topological polar surface area (TPSA) is 46.5 Å². The summed E-state index contributed by atoms with van der Waals surface area (Å²) >= 11 is 1.46. The van der Waals surface area contributed by atoms with Crippen LogP contribution in [0.4, 0.5) is 0 Å². The van der Waals surface area contributed by atoms with Crippen molar-refractivity contribution in [3.8, 4) is 5.75 Å². The Hall–Kier alpha value is -0.390. The zero-order valence-corrected chi connectivity index (χ0v) is 9.39. The average molecular weight is 265 g/mol. The highest BCUT2D eigenvalue weighted by molar-refractivity contribution is 9.10. The minimum absolute atomic E-state index is 0.109. The van der Waals surface area contributed by atoms with Gasteiger partial charge in [-0.2, -0.15) is 0 Å². The second kappa shape index (κ2) is 4.74. The molecule has 0 saturated carbocycles. The van der Waals surface area contributed by atoms with E-state index in [0.29, 0.717) is 5.75 Å². The lowest BCUT2D eigenvalue weighted by atomic mass is 10.2. The van der Waals surface area contributed by atoms with Crippen LogP contribution < -0.4 is 4.74 Å². The molecule has 1 aromatic carbocycles. The van der Waals surface area contributed by atoms with Crippen LogP contribution in [0.3, 0.4) is 0 Å². The van der Waals surface area contributed by atoms with Crippen molar-refractivity contribution < 1.29 is 13.5 Å². The summed E-state index contributed by atoms with van der Waals surface area (Å²) < 4.78 is 25.1. The average Bonchev–Trinajstić information content (AvgIpc) is 2.08. The predicted molar refractivity (Wildman–Crippen MR) is 55.2 cm³/mol. The van der Waals surface area contributed by atoms with Crippen LogP contribution in [0.2, 0.25) is 0 Å². The molecule has 0 aliphatic heterocycles. The van der Waals surface area contributed by atoms with E-state index in [2.05, 4.69) is 15.9 Å². The van der Waals surface area contributed by atoms with E-state index in [1.165, 1.54) is 0 Å². The Morgan fingerprint density at radius 3 is 2.85 bits per heavy atom. The van der Waals surface area contributed by atoms with Gasteiger partial charge in [0.25, 0.3) is 0 Å². The Bertz CT molecular complexity index is 327. The third-order valence-electron chi connectivity index (χ3n) is 1.53. The SMILES string of the molecule is COc1ccc(Br)c(CS(=O)O)c1. The summed E-state index contributed by atoms with van der Waals surface area (Å²) in [6, 6.07) is 5.31. The van der Waals surface area contributed by atoms with E-state index in [1.54, 1.807) is 25.3 Å². The summed E-state index contributed by atoms with van der Waals surface area (Å²) in [4.78, 5) is 0. The Morgan fingerprint density at radius 1 is 1.62 bits per heavy atom. The van der Waals surface area contributed by atoms with E-state index >= 15 is 0 Å². The van der Waals surface area contributed by atoms with E-state index in [0.717, 1.165) is 10.0 Å². The number of hydrogen-bond donors (Lipinski definition) is 1. The summed E-state index contributed by atoms with van der Waals surface area (Å²) in [5.74, 6) is 0.793. The number of methoxy groups -OCH3 is 1. The van der Waals surface area contributed by atoms with Crippen LogP contribution in [-0.2, 0) is 16.8 Å². The van der Waals surface area contributed by atoms with Gasteiger partial charge in [0.05, 0.1) is 12.9 Å². The standard InChI is InChI=1S/C8H9BrO3S/c1-12-7-2-3-8(9)6(4-7)5-13(10)11/h2-4H,5H2,1H3,(H,10,11). The van der Waals surface area contributed by atoms with Crippen molar-refractivity contribution >= 4 is 27.0 Å². The summed E-state index contributed by atoms with van der Waals surface area (Å²) in [6.45, 7) is 0. The molecule has 0 saturated heterocycles. The first-order chi connectivity index (χ1) is 6.13. The molecule has 13 heavy (non-hydrogen) atoms. The van der Waals surface area contributed by atoms with Crippen molar-refractivity contribution in [3.05, 3.63) is 28.2 Å². The molecule has 3 nitrogen and oxygen atoms in total. The minimum Gasteiger partial charge on any atom is -0.497 e. The van der Waals surface area contributed by atoms with E-state index in [1.807, 2.05) is 0 Å². The van der Waals surface area contributed by atoms with Crippen LogP contribution in [0, 0.1) is 0 Å². The van der Waals surface area contributed by atoms with E-state index in [-0.39, 0.29) is 5.75 Å². The number of ether oxygens (including phenoxy) is 1. The lowest BCUT2D eigenvalue weighted by Crippen LogP contribution is -1.95. The van der Waals surface area contributed by atoms with Crippen LogP contribution in [0.15, 0.2) is 22.7 Å². The second-order valence-corrected chi connectivity index (χ2v) is 4.21. The predicted octanol–water partition coefficient (Wildman–Crippen LogP) is 2.18. The molecule has 1 atom stereocenters. The Labute approximate surface area is 87.5 Å². The highest BCUT2D eigenvalue weighted by Gasteiger charge is 2.04. The normalized spacial score (nSPS) is 12.5. The molecule has 0 aliphatic rings. The molecule has 1 unspecified atom stereocenters. The molecular weight excluding hydrogens is 256 g/mol. The highest BCUT2D eigenvalue weighted by atomic mass is 79.9. The zero-order valence-electron chi connectivity index (χ0n) is 6.99. The monoisotopic (exact) mass is 264 g/mol. The van der Waals surface area contributed by atoms with Crippen LogP contribution in [-0.4, -0.2) is 15.9 Å². The van der Waals surface area contributed by atoms with Gasteiger partial charge in [-0.1, -0.05) is 15.9 Å². The van der Waals surface area contributed by atoms with Crippen molar-refractivity contribution in [1.29, 1.82) is 0 Å². The third kappa shape index (κ3) is 3.10. The smallest absolute Gasteiger partial charge is 0.157 e. The molecule has 1 rings (SSSR count). The molecule has 0 aliphatic carbocycles. The van der Waals surface area contributed by atoms with Gasteiger partial charge in [-0.05, 0) is 23.8 Å². The lowest BCUT2D eigenvalue weighted by molar-refractivity contribution is 0.414. The van der Waals surface area contributed by atoms with Crippen LogP contribution in [0.25, 0.3) is 0 Å². The van der Waals surface area contributed by atoms with Gasteiger partial charge in [0, 0.05) is 4.47 Å². The van der Waals surface area contributed by atoms with Gasteiger partial charge in [-0.3, -0.25) is 0 Å². The largest absolute Gasteiger partial charge is 0.497 e. The molecule has 1 aromatic rings. The molecule has 0 radical (unpaired) electrons. The second-order valence-electron chi connectivity index (χ2n) is 2.42. The van der Waals surface area contributed by atoms with E-state index in [9.17, 15) is 4.21 Å². The lowest BCUT2D eigenvalue weighted by Gasteiger charge is -2.04. The summed E-state index contributed by atoms with van der Waals surface area (Å²) in [5, 5.41) is 0. The quantitative estimate of drug-likeness (QED) is 0.852. The van der Waals surface area contributed by atoms with Gasteiger partial charge in [0.15, 0.2) is 11.1 Å². The molecular formula is C8H9BrO3S. The third-order valence-corrected chi connectivity index (χ3v) is 2.86. The van der Waals surface area contributed by atoms with Crippen LogP contribution in [0.1, 0.15) is 5.56 Å². The van der Waals surface area contributed by atoms with Crippen molar-refractivity contribution in [1.82, 2.24) is 0 Å². The molecule has 0 heterocycles. The van der Waals surface area contributed by atoms with Crippen molar-refractivity contribution in [2.75, 3.05) is 7.11 Å². The van der Waals surface area contributed by atoms with Crippen LogP contribution >= 0.6 is 15.9 Å². The molecule has 0 spiro atoms. The maximum Gasteiger partial charge on any atom is 0.157 e. The maximum absolute atomic E-state index is 10.6. The Balaban J connectivity index is 2.96. The minimum atomic E-state index is -1.82. The Morgan fingerprint density at radius 2 is 2.31 bits per heavy atom. The van der Waals surface area contributed by atoms with Gasteiger partial charge in [0.1, 0.15) is 5.75 Å². The molecule has 0 amide bonds. The van der Waals surface area contributed by atoms with E-state index < -0.39 is 11.1 Å². The van der Waals surface area contributed by atoms with E-state index in [4.69, 9.17) is 9.29 Å². The molecule has 0 aromatic heterocycles. The maximum atomic E-state index is 10.6. The highest BCUT2D eigenvalue weighted by Crippen LogP contribution is 2.23. The number of hydrogen-bond acceptors (Lipinski definition) is 2. The van der Waals surface area contributed by atoms with Crippen molar-refractivity contribution in [2.45, 2.75) is 5.75 Å².